The van der Waals surface area contributed by atoms with Crippen LogP contribution in [0.2, 0.25) is 0 Å². The van der Waals surface area contributed by atoms with E-state index in [2.05, 4.69) is 20.2 Å². The molecule has 90 valence electrons. The zero-order valence-electron chi connectivity index (χ0n) is 9.47. The fraction of sp³-hybridized carbons (Fsp3) is 0.333. The van der Waals surface area contributed by atoms with Gasteiger partial charge in [-0.1, -0.05) is 11.3 Å². The minimum atomic E-state index is -0.117. The predicted octanol–water partition coefficient (Wildman–Crippen LogP) is 0.424. The molecule has 0 fully saturated rings. The van der Waals surface area contributed by atoms with E-state index in [1.165, 1.54) is 17.7 Å². The van der Waals surface area contributed by atoms with Gasteiger partial charge in [0.15, 0.2) is 5.13 Å². The number of carbonyl (C=O) groups is 1. The molecule has 0 spiro atoms. The average Bonchev–Trinajstić information content (AvgIpc) is 2.87. The predicted molar refractivity (Wildman–Crippen MR) is 63.4 cm³/mol. The Balaban J connectivity index is 2.12. The lowest BCUT2D eigenvalue weighted by Crippen LogP contribution is -2.26. The lowest BCUT2D eigenvalue weighted by atomic mass is 10.3. The van der Waals surface area contributed by atoms with E-state index in [1.54, 1.807) is 18.9 Å². The van der Waals surface area contributed by atoms with Crippen molar-refractivity contribution in [1.29, 1.82) is 0 Å². The quantitative estimate of drug-likeness (QED) is 0.824. The first-order valence-electron chi connectivity index (χ1n) is 4.90. The van der Waals surface area contributed by atoms with Crippen LogP contribution in [-0.2, 0) is 6.54 Å². The Kier molecular flexibility index (Phi) is 3.05. The third-order valence-corrected chi connectivity index (χ3v) is 3.18. The summed E-state index contributed by atoms with van der Waals surface area (Å²) in [6, 6.07) is 0. The Hall–Kier alpha value is -1.96. The monoisotopic (exact) mass is 252 g/mol. The van der Waals surface area contributed by atoms with Gasteiger partial charge in [0, 0.05) is 7.05 Å². The second kappa shape index (κ2) is 4.50. The molecule has 0 saturated carbocycles. The Morgan fingerprint density at radius 3 is 2.94 bits per heavy atom. The first kappa shape index (κ1) is 11.5. The lowest BCUT2D eigenvalue weighted by Gasteiger charge is -2.14. The van der Waals surface area contributed by atoms with E-state index in [-0.39, 0.29) is 5.91 Å². The van der Waals surface area contributed by atoms with Crippen molar-refractivity contribution in [1.82, 2.24) is 25.1 Å². The van der Waals surface area contributed by atoms with Crippen LogP contribution in [0.5, 0.6) is 0 Å². The molecule has 0 atom stereocenters. The molecular formula is C9H12N6OS. The summed E-state index contributed by atoms with van der Waals surface area (Å²) in [5, 5.41) is 6.83. The molecule has 1 amide bonds. The van der Waals surface area contributed by atoms with Crippen LogP contribution in [0, 0.1) is 6.92 Å². The maximum Gasteiger partial charge on any atom is 0.266 e. The molecule has 8 heteroatoms. The minimum Gasteiger partial charge on any atom is -0.375 e. The largest absolute Gasteiger partial charge is 0.375 e. The van der Waals surface area contributed by atoms with Crippen LogP contribution in [0.4, 0.5) is 5.13 Å². The number of nitrogens with two attached hydrogens (primary N) is 1. The van der Waals surface area contributed by atoms with E-state index >= 15 is 0 Å². The van der Waals surface area contributed by atoms with Crippen LogP contribution < -0.4 is 5.73 Å². The SMILES string of the molecule is Cc1nc(N)sc1C(=O)N(C)Cc1ncn[nH]1. The molecule has 2 heterocycles. The van der Waals surface area contributed by atoms with Gasteiger partial charge in [-0.05, 0) is 6.92 Å². The van der Waals surface area contributed by atoms with E-state index in [9.17, 15) is 4.79 Å². The molecule has 7 nitrogen and oxygen atoms in total. The number of H-pyrrole nitrogens is 1. The van der Waals surface area contributed by atoms with Crippen molar-refractivity contribution >= 4 is 22.4 Å². The highest BCUT2D eigenvalue weighted by Crippen LogP contribution is 2.21. The van der Waals surface area contributed by atoms with Crippen molar-refractivity contribution < 1.29 is 4.79 Å². The number of hydrogen-bond donors (Lipinski definition) is 2. The molecule has 0 aliphatic heterocycles. The molecule has 0 radical (unpaired) electrons. The smallest absolute Gasteiger partial charge is 0.266 e. The first-order valence-corrected chi connectivity index (χ1v) is 5.72. The summed E-state index contributed by atoms with van der Waals surface area (Å²) in [4.78, 5) is 22.2. The summed E-state index contributed by atoms with van der Waals surface area (Å²) in [6.45, 7) is 2.14. The molecule has 0 aliphatic rings. The normalized spacial score (nSPS) is 10.5. The Labute approximate surface area is 102 Å². The van der Waals surface area contributed by atoms with E-state index in [0.717, 1.165) is 0 Å². The van der Waals surface area contributed by atoms with Crippen LogP contribution in [0.1, 0.15) is 21.2 Å². The number of nitrogen functional groups attached to an aromatic ring is 1. The van der Waals surface area contributed by atoms with E-state index in [1.807, 2.05) is 0 Å². The minimum absolute atomic E-state index is 0.117. The van der Waals surface area contributed by atoms with E-state index in [4.69, 9.17) is 5.73 Å². The van der Waals surface area contributed by atoms with Gasteiger partial charge < -0.3 is 10.6 Å². The van der Waals surface area contributed by atoms with Gasteiger partial charge in [-0.2, -0.15) is 5.10 Å². The zero-order chi connectivity index (χ0) is 12.4. The van der Waals surface area contributed by atoms with Crippen molar-refractivity contribution in [3.8, 4) is 0 Å². The van der Waals surface area contributed by atoms with Gasteiger partial charge in [0.25, 0.3) is 5.91 Å². The average molecular weight is 252 g/mol. The summed E-state index contributed by atoms with van der Waals surface area (Å²) >= 11 is 1.19. The number of nitrogens with one attached hydrogen (secondary N) is 1. The summed E-state index contributed by atoms with van der Waals surface area (Å²) < 4.78 is 0. The molecule has 0 bridgehead atoms. The van der Waals surface area contributed by atoms with Crippen molar-refractivity contribution in [3.63, 3.8) is 0 Å². The highest BCUT2D eigenvalue weighted by atomic mass is 32.1. The van der Waals surface area contributed by atoms with Crippen molar-refractivity contribution in [2.75, 3.05) is 12.8 Å². The van der Waals surface area contributed by atoms with Crippen LogP contribution in [0.3, 0.4) is 0 Å². The maximum absolute atomic E-state index is 12.1. The van der Waals surface area contributed by atoms with Crippen LogP contribution >= 0.6 is 11.3 Å². The molecule has 3 N–H and O–H groups in total. The van der Waals surface area contributed by atoms with Crippen LogP contribution in [0.15, 0.2) is 6.33 Å². The number of aromatic amines is 1. The fourth-order valence-corrected chi connectivity index (χ4v) is 2.22. The molecule has 0 aliphatic carbocycles. The molecule has 2 rings (SSSR count). The van der Waals surface area contributed by atoms with Gasteiger partial charge >= 0.3 is 0 Å². The Morgan fingerprint density at radius 2 is 2.41 bits per heavy atom. The number of aromatic nitrogens is 4. The van der Waals surface area contributed by atoms with Gasteiger partial charge in [-0.15, -0.1) is 0 Å². The fourth-order valence-electron chi connectivity index (χ4n) is 1.39. The summed E-state index contributed by atoms with van der Waals surface area (Å²) in [5.41, 5.74) is 6.22. The molecule has 0 unspecified atom stereocenters. The summed E-state index contributed by atoms with van der Waals surface area (Å²) in [5.74, 6) is 0.518. The van der Waals surface area contributed by atoms with Crippen molar-refractivity contribution in [2.45, 2.75) is 13.5 Å². The van der Waals surface area contributed by atoms with E-state index < -0.39 is 0 Å². The number of nitrogens with zero attached hydrogens (tertiary/aromatic N) is 4. The second-order valence-corrected chi connectivity index (χ2v) is 4.59. The number of hydrogen-bond acceptors (Lipinski definition) is 6. The van der Waals surface area contributed by atoms with Crippen molar-refractivity contribution in [3.05, 3.63) is 22.7 Å². The first-order chi connectivity index (χ1) is 8.08. The highest BCUT2D eigenvalue weighted by Gasteiger charge is 2.18. The topological polar surface area (TPSA) is 101 Å². The number of thiazole rings is 1. The van der Waals surface area contributed by atoms with Gasteiger partial charge in [-0.25, -0.2) is 9.97 Å². The third-order valence-electron chi connectivity index (χ3n) is 2.21. The molecule has 17 heavy (non-hydrogen) atoms. The van der Waals surface area contributed by atoms with Gasteiger partial charge in [0.05, 0.1) is 12.2 Å². The number of anilines is 1. The number of aryl methyl sites for hydroxylation is 1. The highest BCUT2D eigenvalue weighted by molar-refractivity contribution is 7.17. The van der Waals surface area contributed by atoms with Gasteiger partial charge in [0.2, 0.25) is 0 Å². The van der Waals surface area contributed by atoms with Crippen LogP contribution in [0.25, 0.3) is 0 Å². The standard InChI is InChI=1S/C9H12N6OS/c1-5-7(17-9(10)13-5)8(16)15(2)3-6-11-4-12-14-6/h4H,3H2,1-2H3,(H2,10,13)(H,11,12,14). The third kappa shape index (κ3) is 2.41. The van der Waals surface area contributed by atoms with Gasteiger partial charge in [-0.3, -0.25) is 9.89 Å². The maximum atomic E-state index is 12.1. The van der Waals surface area contributed by atoms with Crippen molar-refractivity contribution in [2.24, 2.45) is 0 Å². The molecule has 0 aromatic carbocycles. The molecule has 2 aromatic rings. The number of amides is 1. The molecule has 2 aromatic heterocycles. The number of rotatable bonds is 3. The van der Waals surface area contributed by atoms with Crippen LogP contribution in [-0.4, -0.2) is 38.0 Å². The number of carbonyl (C=O) groups excluding carboxylic acids is 1. The molecule has 0 saturated heterocycles. The molecular weight excluding hydrogens is 240 g/mol. The Bertz CT molecular complexity index is 520. The van der Waals surface area contributed by atoms with Gasteiger partial charge in [0.1, 0.15) is 17.0 Å². The Morgan fingerprint density at radius 1 is 1.65 bits per heavy atom. The second-order valence-electron chi connectivity index (χ2n) is 3.56. The zero-order valence-corrected chi connectivity index (χ0v) is 10.3. The lowest BCUT2D eigenvalue weighted by molar-refractivity contribution is 0.0785. The summed E-state index contributed by atoms with van der Waals surface area (Å²) in [7, 11) is 1.69. The van der Waals surface area contributed by atoms with E-state index in [0.29, 0.717) is 28.1 Å². The summed E-state index contributed by atoms with van der Waals surface area (Å²) in [6.07, 6.45) is 1.41.